The van der Waals surface area contributed by atoms with Crippen LogP contribution in [0, 0.1) is 10.1 Å². The van der Waals surface area contributed by atoms with E-state index in [4.69, 9.17) is 9.47 Å². The number of pyridine rings is 1. The van der Waals surface area contributed by atoms with Crippen LogP contribution in [0.3, 0.4) is 0 Å². The van der Waals surface area contributed by atoms with Crippen LogP contribution in [-0.4, -0.2) is 48.1 Å². The maximum absolute atomic E-state index is 11.8. The van der Waals surface area contributed by atoms with Crippen molar-refractivity contribution in [3.63, 3.8) is 0 Å². The van der Waals surface area contributed by atoms with Gasteiger partial charge in [0.05, 0.1) is 18.1 Å². The van der Waals surface area contributed by atoms with E-state index in [9.17, 15) is 10.1 Å². The monoisotopic (exact) mass is 434 g/mol. The van der Waals surface area contributed by atoms with Crippen LogP contribution in [-0.2, 0) is 13.2 Å². The van der Waals surface area contributed by atoms with Crippen molar-refractivity contribution in [1.82, 2.24) is 9.88 Å². The lowest BCUT2D eigenvalue weighted by Crippen LogP contribution is -2.46. The van der Waals surface area contributed by atoms with Gasteiger partial charge in [0.25, 0.3) is 5.69 Å². The first-order valence-corrected chi connectivity index (χ1v) is 10.5. The van der Waals surface area contributed by atoms with Crippen LogP contribution >= 0.6 is 0 Å². The standard InChI is InChI=1S/C24H26N4O4/c1-31-22-15-20(17-26-11-13-27(14-12-26)24-9-5-6-10-25-24)21(28(29)30)16-23(22)32-18-19-7-3-2-4-8-19/h2-10,15-16H,11-14,17-18H2,1H3. The van der Waals surface area contributed by atoms with Gasteiger partial charge in [0, 0.05) is 44.5 Å². The zero-order chi connectivity index (χ0) is 22.3. The van der Waals surface area contributed by atoms with Crippen molar-refractivity contribution in [1.29, 1.82) is 0 Å². The minimum Gasteiger partial charge on any atom is -0.493 e. The van der Waals surface area contributed by atoms with Crippen LogP contribution in [0.25, 0.3) is 0 Å². The van der Waals surface area contributed by atoms with Crippen molar-refractivity contribution in [2.45, 2.75) is 13.2 Å². The molecule has 166 valence electrons. The summed E-state index contributed by atoms with van der Waals surface area (Å²) in [6, 6.07) is 18.7. The van der Waals surface area contributed by atoms with Gasteiger partial charge in [-0.15, -0.1) is 0 Å². The molecule has 8 heteroatoms. The molecule has 0 saturated carbocycles. The number of ether oxygens (including phenoxy) is 2. The van der Waals surface area contributed by atoms with E-state index in [1.165, 1.54) is 6.07 Å². The zero-order valence-corrected chi connectivity index (χ0v) is 18.0. The molecule has 1 fully saturated rings. The molecule has 8 nitrogen and oxygen atoms in total. The van der Waals surface area contributed by atoms with Crippen molar-refractivity contribution in [2.24, 2.45) is 0 Å². The second-order valence-corrected chi connectivity index (χ2v) is 7.61. The fourth-order valence-electron chi connectivity index (χ4n) is 3.81. The zero-order valence-electron chi connectivity index (χ0n) is 18.0. The number of anilines is 1. The Morgan fingerprint density at radius 1 is 1.00 bits per heavy atom. The number of piperazine rings is 1. The Labute approximate surface area is 187 Å². The van der Waals surface area contributed by atoms with Gasteiger partial charge in [0.2, 0.25) is 0 Å². The number of methoxy groups -OCH3 is 1. The Morgan fingerprint density at radius 3 is 2.41 bits per heavy atom. The highest BCUT2D eigenvalue weighted by Crippen LogP contribution is 2.36. The molecule has 0 amide bonds. The molecular formula is C24H26N4O4. The average Bonchev–Trinajstić information content (AvgIpc) is 2.84. The predicted molar refractivity (Wildman–Crippen MR) is 122 cm³/mol. The predicted octanol–water partition coefficient (Wildman–Crippen LogP) is 3.90. The summed E-state index contributed by atoms with van der Waals surface area (Å²) in [5.74, 6) is 1.82. The van der Waals surface area contributed by atoms with Gasteiger partial charge in [-0.1, -0.05) is 36.4 Å². The quantitative estimate of drug-likeness (QED) is 0.393. The maximum atomic E-state index is 11.8. The van der Waals surface area contributed by atoms with E-state index < -0.39 is 0 Å². The number of hydrogen-bond donors (Lipinski definition) is 0. The molecular weight excluding hydrogens is 408 g/mol. The largest absolute Gasteiger partial charge is 0.493 e. The first kappa shape index (κ1) is 21.6. The van der Waals surface area contributed by atoms with E-state index in [0.29, 0.717) is 30.2 Å². The minimum atomic E-state index is -0.353. The maximum Gasteiger partial charge on any atom is 0.277 e. The van der Waals surface area contributed by atoms with Crippen molar-refractivity contribution < 1.29 is 14.4 Å². The van der Waals surface area contributed by atoms with Crippen LogP contribution in [0.1, 0.15) is 11.1 Å². The first-order valence-electron chi connectivity index (χ1n) is 10.5. The van der Waals surface area contributed by atoms with Crippen molar-refractivity contribution in [3.05, 3.63) is 88.1 Å². The normalized spacial score (nSPS) is 14.2. The number of hydrogen-bond acceptors (Lipinski definition) is 7. The molecule has 2 aromatic carbocycles. The summed E-state index contributed by atoms with van der Waals surface area (Å²) in [6.07, 6.45) is 1.79. The van der Waals surface area contributed by atoms with E-state index in [1.54, 1.807) is 19.4 Å². The van der Waals surface area contributed by atoms with Gasteiger partial charge < -0.3 is 14.4 Å². The third-order valence-electron chi connectivity index (χ3n) is 5.54. The molecule has 0 atom stereocenters. The number of nitro benzene ring substituents is 1. The Kier molecular flexibility index (Phi) is 6.81. The number of rotatable bonds is 8. The van der Waals surface area contributed by atoms with Gasteiger partial charge >= 0.3 is 0 Å². The smallest absolute Gasteiger partial charge is 0.277 e. The molecule has 4 rings (SSSR count). The molecule has 2 heterocycles. The van der Waals surface area contributed by atoms with Gasteiger partial charge in [-0.3, -0.25) is 15.0 Å². The Balaban J connectivity index is 1.46. The first-order chi connectivity index (χ1) is 15.6. The van der Waals surface area contributed by atoms with Gasteiger partial charge in [-0.05, 0) is 23.8 Å². The topological polar surface area (TPSA) is 81.0 Å². The molecule has 0 unspecified atom stereocenters. The molecule has 32 heavy (non-hydrogen) atoms. The highest BCUT2D eigenvalue weighted by atomic mass is 16.6. The van der Waals surface area contributed by atoms with Crippen molar-refractivity contribution in [2.75, 3.05) is 38.2 Å². The summed E-state index contributed by atoms with van der Waals surface area (Å²) in [7, 11) is 1.55. The second kappa shape index (κ2) is 10.1. The number of benzene rings is 2. The van der Waals surface area contributed by atoms with Crippen molar-refractivity contribution >= 4 is 11.5 Å². The fraction of sp³-hybridized carbons (Fsp3) is 0.292. The highest BCUT2D eigenvalue weighted by Gasteiger charge is 2.24. The lowest BCUT2D eigenvalue weighted by Gasteiger charge is -2.35. The second-order valence-electron chi connectivity index (χ2n) is 7.61. The third-order valence-corrected chi connectivity index (χ3v) is 5.54. The molecule has 0 spiro atoms. The number of nitro groups is 1. The molecule has 1 aliphatic rings. The van der Waals surface area contributed by atoms with E-state index in [1.807, 2.05) is 48.5 Å². The van der Waals surface area contributed by atoms with E-state index in [2.05, 4.69) is 14.8 Å². The van der Waals surface area contributed by atoms with Crippen LogP contribution in [0.4, 0.5) is 11.5 Å². The van der Waals surface area contributed by atoms with Gasteiger partial charge in [-0.2, -0.15) is 0 Å². The Morgan fingerprint density at radius 2 is 1.75 bits per heavy atom. The summed E-state index contributed by atoms with van der Waals surface area (Å²) in [5, 5.41) is 11.8. The molecule has 0 radical (unpaired) electrons. The molecule has 1 saturated heterocycles. The van der Waals surface area contributed by atoms with Crippen LogP contribution in [0.2, 0.25) is 0 Å². The molecule has 3 aromatic rings. The lowest BCUT2D eigenvalue weighted by atomic mass is 10.1. The van der Waals surface area contributed by atoms with Gasteiger partial charge in [0.15, 0.2) is 11.5 Å². The van der Waals surface area contributed by atoms with Crippen LogP contribution in [0.5, 0.6) is 11.5 Å². The van der Waals surface area contributed by atoms with E-state index >= 15 is 0 Å². The summed E-state index contributed by atoms with van der Waals surface area (Å²) < 4.78 is 11.3. The summed E-state index contributed by atoms with van der Waals surface area (Å²) in [6.45, 7) is 4.01. The number of aromatic nitrogens is 1. The third kappa shape index (κ3) is 5.15. The molecule has 1 aromatic heterocycles. The van der Waals surface area contributed by atoms with Gasteiger partial charge in [-0.25, -0.2) is 4.98 Å². The Hall–Kier alpha value is -3.65. The Bertz CT molecular complexity index is 1040. The van der Waals surface area contributed by atoms with Crippen molar-refractivity contribution in [3.8, 4) is 11.5 Å². The summed E-state index contributed by atoms with van der Waals surface area (Å²) in [4.78, 5) is 20.3. The molecule has 0 aliphatic carbocycles. The number of nitrogens with zero attached hydrogens (tertiary/aromatic N) is 4. The fourth-order valence-corrected chi connectivity index (χ4v) is 3.81. The molecule has 0 bridgehead atoms. The minimum absolute atomic E-state index is 0.0426. The van der Waals surface area contributed by atoms with E-state index in [-0.39, 0.29) is 10.6 Å². The van der Waals surface area contributed by atoms with Crippen LogP contribution in [0.15, 0.2) is 66.9 Å². The lowest BCUT2D eigenvalue weighted by molar-refractivity contribution is -0.385. The average molecular weight is 434 g/mol. The van der Waals surface area contributed by atoms with E-state index in [0.717, 1.165) is 37.6 Å². The SMILES string of the molecule is COc1cc(CN2CCN(c3ccccn3)CC2)c([N+](=O)[O-])cc1OCc1ccccc1. The molecule has 1 aliphatic heterocycles. The molecule has 0 N–H and O–H groups in total. The summed E-state index contributed by atoms with van der Waals surface area (Å²) >= 11 is 0. The van der Waals surface area contributed by atoms with Gasteiger partial charge in [0.1, 0.15) is 12.4 Å². The highest BCUT2D eigenvalue weighted by molar-refractivity contribution is 5.54. The van der Waals surface area contributed by atoms with Crippen LogP contribution < -0.4 is 14.4 Å². The summed E-state index contributed by atoms with van der Waals surface area (Å²) in [5.41, 5.74) is 1.64.